The molecule has 0 saturated heterocycles. The number of fused-ring (bicyclic) bond motifs is 1. The van der Waals surface area contributed by atoms with Gasteiger partial charge in [-0.15, -0.1) is 5.10 Å². The maximum Gasteiger partial charge on any atom is 0.227 e. The predicted octanol–water partition coefficient (Wildman–Crippen LogP) is 7.49. The number of carbonyl (C=O) groups excluding carboxylic acids is 1. The average molecular weight is 600 g/mol. The Labute approximate surface area is 237 Å². The van der Waals surface area contributed by atoms with Crippen LogP contribution in [0.1, 0.15) is 69.7 Å². The maximum atomic E-state index is 12.9. The molecule has 0 amide bonds. The second-order valence-corrected chi connectivity index (χ2v) is 11.3. The van der Waals surface area contributed by atoms with Crippen molar-refractivity contribution < 1.29 is 14.3 Å². The SMILES string of the molecule is CCCCCSc1nc2n(n1)C(c1cc(Br)c(OCc3cccc(C)c3)c(OCC)c1)C(C(C)=O)=C(C)N2. The van der Waals surface area contributed by atoms with Crippen LogP contribution in [-0.2, 0) is 11.4 Å². The summed E-state index contributed by atoms with van der Waals surface area (Å²) in [5.41, 5.74) is 4.55. The number of nitrogens with one attached hydrogen (secondary N) is 1. The number of unbranched alkanes of at least 4 members (excludes halogenated alkanes) is 2. The van der Waals surface area contributed by atoms with Crippen molar-refractivity contribution in [1.29, 1.82) is 0 Å². The first-order valence-corrected chi connectivity index (χ1v) is 14.8. The Hall–Kier alpha value is -2.78. The summed E-state index contributed by atoms with van der Waals surface area (Å²) in [6, 6.07) is 11.7. The van der Waals surface area contributed by atoms with Gasteiger partial charge in [0.25, 0.3) is 0 Å². The molecule has 7 nitrogen and oxygen atoms in total. The van der Waals surface area contributed by atoms with Crippen molar-refractivity contribution in [2.24, 2.45) is 0 Å². The minimum Gasteiger partial charge on any atom is -0.490 e. The van der Waals surface area contributed by atoms with Crippen LogP contribution >= 0.6 is 27.7 Å². The van der Waals surface area contributed by atoms with Crippen LogP contribution in [-0.4, -0.2) is 32.9 Å². The van der Waals surface area contributed by atoms with E-state index in [4.69, 9.17) is 19.6 Å². The van der Waals surface area contributed by atoms with Gasteiger partial charge in [-0.05, 0) is 73.3 Å². The average Bonchev–Trinajstić information content (AvgIpc) is 3.27. The lowest BCUT2D eigenvalue weighted by Gasteiger charge is -2.28. The van der Waals surface area contributed by atoms with E-state index >= 15 is 0 Å². The van der Waals surface area contributed by atoms with Gasteiger partial charge in [0.1, 0.15) is 12.6 Å². The number of thioether (sulfide) groups is 1. The van der Waals surface area contributed by atoms with Crippen LogP contribution < -0.4 is 14.8 Å². The summed E-state index contributed by atoms with van der Waals surface area (Å²) in [4.78, 5) is 17.6. The highest BCUT2D eigenvalue weighted by Crippen LogP contribution is 2.43. The summed E-state index contributed by atoms with van der Waals surface area (Å²) in [6.07, 6.45) is 3.47. The van der Waals surface area contributed by atoms with Crippen molar-refractivity contribution >= 4 is 39.4 Å². The van der Waals surface area contributed by atoms with Gasteiger partial charge in [-0.25, -0.2) is 4.68 Å². The number of halogens is 1. The van der Waals surface area contributed by atoms with Gasteiger partial charge in [0.15, 0.2) is 17.3 Å². The van der Waals surface area contributed by atoms with Gasteiger partial charge in [0, 0.05) is 17.0 Å². The summed E-state index contributed by atoms with van der Waals surface area (Å²) < 4.78 is 14.8. The molecule has 9 heteroatoms. The quantitative estimate of drug-likeness (QED) is 0.171. The molecule has 2 aromatic carbocycles. The molecule has 0 bridgehead atoms. The lowest BCUT2D eigenvalue weighted by atomic mass is 9.93. The van der Waals surface area contributed by atoms with E-state index in [1.807, 2.05) is 42.8 Å². The number of carbonyl (C=O) groups is 1. The number of hydrogen-bond donors (Lipinski definition) is 1. The van der Waals surface area contributed by atoms with E-state index in [1.54, 1.807) is 18.7 Å². The number of aromatic nitrogens is 3. The molecular formula is C29H35BrN4O3S. The zero-order valence-electron chi connectivity index (χ0n) is 22.6. The van der Waals surface area contributed by atoms with Crippen molar-refractivity contribution in [2.45, 2.75) is 71.7 Å². The van der Waals surface area contributed by atoms with Gasteiger partial charge in [0.2, 0.25) is 11.1 Å². The first-order valence-electron chi connectivity index (χ1n) is 13.0. The van der Waals surface area contributed by atoms with Gasteiger partial charge >= 0.3 is 0 Å². The first kappa shape index (κ1) is 28.2. The van der Waals surface area contributed by atoms with Gasteiger partial charge in [0.05, 0.1) is 11.1 Å². The summed E-state index contributed by atoms with van der Waals surface area (Å²) in [5.74, 6) is 2.80. The van der Waals surface area contributed by atoms with E-state index in [2.05, 4.69) is 47.2 Å². The minimum absolute atomic E-state index is 0.0212. The molecule has 1 atom stereocenters. The smallest absolute Gasteiger partial charge is 0.227 e. The topological polar surface area (TPSA) is 78.3 Å². The van der Waals surface area contributed by atoms with Gasteiger partial charge in [-0.2, -0.15) is 4.98 Å². The second-order valence-electron chi connectivity index (χ2n) is 9.38. The Morgan fingerprint density at radius 2 is 1.97 bits per heavy atom. The summed E-state index contributed by atoms with van der Waals surface area (Å²) in [6.45, 7) is 10.6. The zero-order chi connectivity index (χ0) is 27.2. The van der Waals surface area contributed by atoms with E-state index in [9.17, 15) is 4.79 Å². The molecule has 1 unspecified atom stereocenters. The lowest BCUT2D eigenvalue weighted by Crippen LogP contribution is -2.28. The van der Waals surface area contributed by atoms with E-state index in [-0.39, 0.29) is 5.78 Å². The second kappa shape index (κ2) is 12.8. The minimum atomic E-state index is -0.442. The molecule has 0 saturated carbocycles. The predicted molar refractivity (Wildman–Crippen MR) is 156 cm³/mol. The molecule has 0 spiro atoms. The highest BCUT2D eigenvalue weighted by molar-refractivity contribution is 9.10. The number of Topliss-reactive ketones (excluding diaryl/α,β-unsaturated/α-hetero) is 1. The molecule has 0 fully saturated rings. The highest BCUT2D eigenvalue weighted by Gasteiger charge is 2.34. The fraction of sp³-hybridized carbons (Fsp3) is 0.414. The molecular weight excluding hydrogens is 564 g/mol. The van der Waals surface area contributed by atoms with Crippen molar-refractivity contribution in [1.82, 2.24) is 14.8 Å². The van der Waals surface area contributed by atoms with Gasteiger partial charge in [-0.3, -0.25) is 4.79 Å². The highest BCUT2D eigenvalue weighted by atomic mass is 79.9. The molecule has 3 aromatic rings. The molecule has 4 rings (SSSR count). The molecule has 1 aliphatic rings. The Balaban J connectivity index is 1.71. The molecule has 1 aromatic heterocycles. The van der Waals surface area contributed by atoms with Crippen LogP contribution in [0.4, 0.5) is 5.95 Å². The standard InChI is InChI=1S/C29H35BrN4O3S/c1-6-8-9-13-38-29-32-28-31-19(4)25(20(5)35)26(34(28)33-29)22-15-23(30)27(24(16-22)36-7-2)37-17-21-12-10-11-18(3)14-21/h10-12,14-16,26H,6-9,13,17H2,1-5H3,(H,31,32,33). The third-order valence-corrected chi connectivity index (χ3v) is 7.82. The maximum absolute atomic E-state index is 12.9. The fourth-order valence-electron chi connectivity index (χ4n) is 4.58. The molecule has 1 aliphatic heterocycles. The van der Waals surface area contributed by atoms with Gasteiger partial charge in [-0.1, -0.05) is 61.4 Å². The van der Waals surface area contributed by atoms with Crippen LogP contribution in [0.3, 0.4) is 0 Å². The fourth-order valence-corrected chi connectivity index (χ4v) is 5.98. The van der Waals surface area contributed by atoms with E-state index in [0.717, 1.165) is 33.5 Å². The van der Waals surface area contributed by atoms with Crippen LogP contribution in [0.25, 0.3) is 0 Å². The Kier molecular flexibility index (Phi) is 9.54. The summed E-state index contributed by atoms with van der Waals surface area (Å²) in [5, 5.41) is 8.81. The van der Waals surface area contributed by atoms with Gasteiger partial charge < -0.3 is 14.8 Å². The van der Waals surface area contributed by atoms with Crippen LogP contribution in [0, 0.1) is 6.92 Å². The normalized spacial score (nSPS) is 14.7. The van der Waals surface area contributed by atoms with Crippen molar-refractivity contribution in [3.63, 3.8) is 0 Å². The summed E-state index contributed by atoms with van der Waals surface area (Å²) in [7, 11) is 0. The molecule has 2 heterocycles. The van der Waals surface area contributed by atoms with Crippen LogP contribution in [0.15, 0.2) is 57.3 Å². The number of ketones is 1. The van der Waals surface area contributed by atoms with Crippen LogP contribution in [0.5, 0.6) is 11.5 Å². The number of ether oxygens (including phenoxy) is 2. The summed E-state index contributed by atoms with van der Waals surface area (Å²) >= 11 is 5.36. The molecule has 1 N–H and O–H groups in total. The first-order chi connectivity index (χ1) is 18.3. The van der Waals surface area contributed by atoms with Crippen molar-refractivity contribution in [2.75, 3.05) is 17.7 Å². The van der Waals surface area contributed by atoms with E-state index in [1.165, 1.54) is 18.4 Å². The Bertz CT molecular complexity index is 1340. The lowest BCUT2D eigenvalue weighted by molar-refractivity contribution is -0.114. The number of rotatable bonds is 12. The van der Waals surface area contributed by atoms with Crippen molar-refractivity contribution in [3.8, 4) is 11.5 Å². The molecule has 202 valence electrons. The third kappa shape index (κ3) is 6.43. The largest absolute Gasteiger partial charge is 0.490 e. The molecule has 38 heavy (non-hydrogen) atoms. The number of nitrogens with zero attached hydrogens (tertiary/aromatic N) is 3. The van der Waals surface area contributed by atoms with E-state index in [0.29, 0.717) is 41.4 Å². The number of anilines is 1. The van der Waals surface area contributed by atoms with Crippen LogP contribution in [0.2, 0.25) is 0 Å². The number of aryl methyl sites for hydroxylation is 1. The Morgan fingerprint density at radius 3 is 2.68 bits per heavy atom. The third-order valence-electron chi connectivity index (χ3n) is 6.30. The molecule has 0 radical (unpaired) electrons. The zero-order valence-corrected chi connectivity index (χ0v) is 25.0. The molecule has 0 aliphatic carbocycles. The number of hydrogen-bond acceptors (Lipinski definition) is 7. The monoisotopic (exact) mass is 598 g/mol. The number of benzene rings is 2. The number of allylic oxidation sites excluding steroid dienone is 2. The van der Waals surface area contributed by atoms with Crippen molar-refractivity contribution in [3.05, 3.63) is 68.8 Å². The van der Waals surface area contributed by atoms with E-state index < -0.39 is 6.04 Å². The Morgan fingerprint density at radius 1 is 1.16 bits per heavy atom.